The Morgan fingerprint density at radius 1 is 1.24 bits per heavy atom. The molecule has 3 rings (SSSR count). The van der Waals surface area contributed by atoms with Crippen LogP contribution in [0.5, 0.6) is 0 Å². The molecule has 0 radical (unpaired) electrons. The van der Waals surface area contributed by atoms with Gasteiger partial charge in [0.15, 0.2) is 0 Å². The molecule has 3 nitrogen and oxygen atoms in total. The Morgan fingerprint density at radius 3 is 2.68 bits per heavy atom. The summed E-state index contributed by atoms with van der Waals surface area (Å²) in [5, 5.41) is 11.8. The van der Waals surface area contributed by atoms with Crippen LogP contribution in [0, 0.1) is 24.1 Å². The lowest BCUT2D eigenvalue weighted by atomic mass is 10.0. The van der Waals surface area contributed by atoms with Crippen molar-refractivity contribution < 1.29 is 9.18 Å². The van der Waals surface area contributed by atoms with E-state index in [1.54, 1.807) is 35.7 Å². The molecule has 0 amide bonds. The van der Waals surface area contributed by atoms with E-state index in [4.69, 9.17) is 0 Å². The molecule has 1 heterocycles. The number of hydrogen-bond acceptors (Lipinski definition) is 4. The number of carbonyl (C=O) groups excluding carboxylic acids is 1. The van der Waals surface area contributed by atoms with Crippen LogP contribution in [0.1, 0.15) is 21.6 Å². The Morgan fingerprint density at radius 2 is 2.00 bits per heavy atom. The number of Topliss-reactive ketones (excluding diaryl/α,β-unsaturated/α-hetero) is 1. The fourth-order valence-electron chi connectivity index (χ4n) is 2.32. The van der Waals surface area contributed by atoms with Crippen molar-refractivity contribution in [1.29, 1.82) is 5.26 Å². The topological polar surface area (TPSA) is 53.8 Å². The molecule has 2 aromatic carbocycles. The van der Waals surface area contributed by atoms with Crippen LogP contribution in [-0.4, -0.2) is 10.8 Å². The summed E-state index contributed by atoms with van der Waals surface area (Å²) in [7, 11) is 0. The van der Waals surface area contributed by atoms with Crippen LogP contribution in [-0.2, 0) is 0 Å². The molecular formula is C20H13FN2OS. The number of halogens is 1. The van der Waals surface area contributed by atoms with Crippen LogP contribution in [0.2, 0.25) is 0 Å². The van der Waals surface area contributed by atoms with E-state index in [2.05, 4.69) is 4.98 Å². The van der Waals surface area contributed by atoms with E-state index >= 15 is 0 Å². The third-order valence-corrected chi connectivity index (χ3v) is 4.46. The lowest BCUT2D eigenvalue weighted by molar-refractivity contribution is 0.104. The maximum absolute atomic E-state index is 13.0. The summed E-state index contributed by atoms with van der Waals surface area (Å²) >= 11 is 1.37. The van der Waals surface area contributed by atoms with E-state index in [-0.39, 0.29) is 17.2 Å². The molecule has 0 bridgehead atoms. The molecule has 0 saturated heterocycles. The van der Waals surface area contributed by atoms with Crippen molar-refractivity contribution in [1.82, 2.24) is 4.98 Å². The molecule has 0 atom stereocenters. The second-order valence-electron chi connectivity index (χ2n) is 5.45. The number of allylic oxidation sites excluding steroid dienone is 1. The quantitative estimate of drug-likeness (QED) is 0.377. The molecule has 1 aromatic heterocycles. The molecule has 122 valence electrons. The summed E-state index contributed by atoms with van der Waals surface area (Å²) in [6, 6.07) is 15.1. The highest BCUT2D eigenvalue weighted by atomic mass is 32.1. The summed E-state index contributed by atoms with van der Waals surface area (Å²) in [5.41, 5.74) is 2.77. The van der Waals surface area contributed by atoms with Gasteiger partial charge in [0.05, 0.1) is 5.69 Å². The Hall–Kier alpha value is -3.10. The van der Waals surface area contributed by atoms with Gasteiger partial charge in [0.25, 0.3) is 0 Å². The van der Waals surface area contributed by atoms with E-state index < -0.39 is 0 Å². The van der Waals surface area contributed by atoms with Gasteiger partial charge < -0.3 is 0 Å². The number of ketones is 1. The van der Waals surface area contributed by atoms with Gasteiger partial charge in [0.1, 0.15) is 22.5 Å². The van der Waals surface area contributed by atoms with E-state index in [0.29, 0.717) is 16.3 Å². The number of nitriles is 1. The van der Waals surface area contributed by atoms with Crippen LogP contribution < -0.4 is 0 Å². The Bertz CT molecular complexity index is 997. The van der Waals surface area contributed by atoms with Gasteiger partial charge in [-0.05, 0) is 43.3 Å². The van der Waals surface area contributed by atoms with Crippen LogP contribution in [0.3, 0.4) is 0 Å². The second kappa shape index (κ2) is 7.20. The Balaban J connectivity index is 1.89. The maximum atomic E-state index is 13.0. The fraction of sp³-hybridized carbons (Fsp3) is 0.0500. The first kappa shape index (κ1) is 16.7. The van der Waals surface area contributed by atoms with Gasteiger partial charge in [-0.3, -0.25) is 4.79 Å². The molecule has 0 fully saturated rings. The number of carbonyl (C=O) groups is 1. The summed E-state index contributed by atoms with van der Waals surface area (Å²) in [5.74, 6) is -0.640. The predicted molar refractivity (Wildman–Crippen MR) is 96.6 cm³/mol. The summed E-state index contributed by atoms with van der Waals surface area (Å²) in [6.45, 7) is 1.89. The minimum Gasteiger partial charge on any atom is -0.288 e. The zero-order valence-corrected chi connectivity index (χ0v) is 14.2. The maximum Gasteiger partial charge on any atom is 0.203 e. The van der Waals surface area contributed by atoms with E-state index in [1.807, 2.05) is 19.1 Å². The van der Waals surface area contributed by atoms with Crippen molar-refractivity contribution >= 4 is 23.2 Å². The van der Waals surface area contributed by atoms with Gasteiger partial charge in [-0.25, -0.2) is 9.37 Å². The van der Waals surface area contributed by atoms with Crippen molar-refractivity contribution in [3.05, 3.63) is 82.1 Å². The standard InChI is InChI=1S/C20H13FN2OS/c1-13-3-2-4-15(9-13)19(24)16(11-22)10-18-12-25-20(23-18)14-5-7-17(21)8-6-14/h2-10,12H,1H3/b16-10+. The largest absolute Gasteiger partial charge is 0.288 e. The van der Waals surface area contributed by atoms with Gasteiger partial charge in [0, 0.05) is 16.5 Å². The number of aryl methyl sites for hydroxylation is 1. The summed E-state index contributed by atoms with van der Waals surface area (Å²) < 4.78 is 13.0. The zero-order chi connectivity index (χ0) is 17.8. The van der Waals surface area contributed by atoms with Crippen LogP contribution in [0.15, 0.2) is 59.5 Å². The smallest absolute Gasteiger partial charge is 0.203 e. The lowest BCUT2D eigenvalue weighted by Gasteiger charge is -2.00. The molecule has 0 saturated carbocycles. The van der Waals surface area contributed by atoms with Gasteiger partial charge in [0.2, 0.25) is 5.78 Å². The molecular weight excluding hydrogens is 335 g/mol. The summed E-state index contributed by atoms with van der Waals surface area (Å²) in [4.78, 5) is 16.9. The van der Waals surface area contributed by atoms with Gasteiger partial charge in [-0.15, -0.1) is 11.3 Å². The average molecular weight is 348 g/mol. The molecule has 0 aliphatic carbocycles. The molecule has 0 aliphatic rings. The van der Waals surface area contributed by atoms with Gasteiger partial charge in [-0.2, -0.15) is 5.26 Å². The fourth-order valence-corrected chi connectivity index (χ4v) is 3.10. The highest BCUT2D eigenvalue weighted by Gasteiger charge is 2.13. The zero-order valence-electron chi connectivity index (χ0n) is 13.4. The molecule has 25 heavy (non-hydrogen) atoms. The molecule has 5 heteroatoms. The number of hydrogen-bond donors (Lipinski definition) is 0. The SMILES string of the molecule is Cc1cccc(C(=O)/C(C#N)=C/c2csc(-c3ccc(F)cc3)n2)c1. The van der Waals surface area contributed by atoms with Crippen molar-refractivity contribution in [3.8, 4) is 16.6 Å². The van der Waals surface area contributed by atoms with Crippen molar-refractivity contribution in [2.24, 2.45) is 0 Å². The third-order valence-electron chi connectivity index (χ3n) is 3.55. The van der Waals surface area contributed by atoms with E-state index in [1.165, 1.54) is 29.5 Å². The highest BCUT2D eigenvalue weighted by molar-refractivity contribution is 7.13. The van der Waals surface area contributed by atoms with Crippen molar-refractivity contribution in [2.75, 3.05) is 0 Å². The van der Waals surface area contributed by atoms with Gasteiger partial charge >= 0.3 is 0 Å². The number of thiazole rings is 1. The predicted octanol–water partition coefficient (Wildman–Crippen LogP) is 5.05. The first-order chi connectivity index (χ1) is 12.1. The van der Waals surface area contributed by atoms with Crippen LogP contribution >= 0.6 is 11.3 Å². The second-order valence-corrected chi connectivity index (χ2v) is 6.31. The summed E-state index contributed by atoms with van der Waals surface area (Å²) in [6.07, 6.45) is 1.48. The lowest BCUT2D eigenvalue weighted by Crippen LogP contribution is -2.02. The van der Waals surface area contributed by atoms with Crippen LogP contribution in [0.4, 0.5) is 4.39 Å². The monoisotopic (exact) mass is 348 g/mol. The average Bonchev–Trinajstić information content (AvgIpc) is 3.08. The minimum atomic E-state index is -0.331. The van der Waals surface area contributed by atoms with E-state index in [9.17, 15) is 14.4 Å². The van der Waals surface area contributed by atoms with E-state index in [0.717, 1.165) is 11.1 Å². The molecule has 3 aromatic rings. The molecule has 0 spiro atoms. The molecule has 0 aliphatic heterocycles. The third kappa shape index (κ3) is 3.87. The first-order valence-electron chi connectivity index (χ1n) is 7.51. The molecule has 0 unspecified atom stereocenters. The first-order valence-corrected chi connectivity index (χ1v) is 8.39. The minimum absolute atomic E-state index is 0.0292. The number of benzene rings is 2. The van der Waals surface area contributed by atoms with Crippen LogP contribution in [0.25, 0.3) is 16.6 Å². The Kier molecular flexibility index (Phi) is 4.82. The molecule has 0 N–H and O–H groups in total. The van der Waals surface area contributed by atoms with Crippen molar-refractivity contribution in [2.45, 2.75) is 6.92 Å². The van der Waals surface area contributed by atoms with Crippen molar-refractivity contribution in [3.63, 3.8) is 0 Å². The van der Waals surface area contributed by atoms with Gasteiger partial charge in [-0.1, -0.05) is 23.8 Å². The highest BCUT2D eigenvalue weighted by Crippen LogP contribution is 2.25. The normalized spacial score (nSPS) is 11.2. The Labute approximate surface area is 148 Å². The number of aromatic nitrogens is 1. The number of nitrogens with zero attached hydrogens (tertiary/aromatic N) is 2. The number of rotatable bonds is 4.